The van der Waals surface area contributed by atoms with E-state index < -0.39 is 0 Å². The van der Waals surface area contributed by atoms with Crippen LogP contribution in [0.3, 0.4) is 0 Å². The van der Waals surface area contributed by atoms with Crippen molar-refractivity contribution in [1.82, 2.24) is 14.9 Å². The minimum absolute atomic E-state index is 0.268. The molecule has 0 saturated heterocycles. The molecule has 128 valence electrons. The van der Waals surface area contributed by atoms with E-state index >= 15 is 0 Å². The Hall–Kier alpha value is -3.22. The van der Waals surface area contributed by atoms with Crippen molar-refractivity contribution in [2.45, 2.75) is 13.5 Å². The second kappa shape index (κ2) is 8.05. The van der Waals surface area contributed by atoms with E-state index in [1.54, 1.807) is 18.3 Å². The van der Waals surface area contributed by atoms with E-state index in [1.807, 2.05) is 25.1 Å². The van der Waals surface area contributed by atoms with Crippen molar-refractivity contribution in [2.24, 2.45) is 5.10 Å². The first kappa shape index (κ1) is 16.6. The summed E-state index contributed by atoms with van der Waals surface area (Å²) in [5.74, 6) is 0.973. The van der Waals surface area contributed by atoms with Crippen LogP contribution in [-0.4, -0.2) is 27.7 Å². The molecule has 0 saturated carbocycles. The van der Waals surface area contributed by atoms with Crippen molar-refractivity contribution in [3.05, 3.63) is 72.1 Å². The molecule has 3 rings (SSSR count). The summed E-state index contributed by atoms with van der Waals surface area (Å²) in [6, 6.07) is 11.7. The highest BCUT2D eigenvalue weighted by Crippen LogP contribution is 2.29. The maximum Gasteiger partial charge on any atom is 0.161 e. The fourth-order valence-corrected chi connectivity index (χ4v) is 2.12. The second-order valence-electron chi connectivity index (χ2n) is 5.14. The molecule has 0 amide bonds. The minimum atomic E-state index is -0.268. The molecule has 0 bridgehead atoms. The number of halogens is 1. The van der Waals surface area contributed by atoms with Crippen LogP contribution in [0, 0.1) is 5.82 Å². The summed E-state index contributed by atoms with van der Waals surface area (Å²) in [6.45, 7) is 2.75. The number of benzene rings is 2. The van der Waals surface area contributed by atoms with Crippen LogP contribution in [0.5, 0.6) is 11.5 Å². The average molecular weight is 340 g/mol. The zero-order valence-electron chi connectivity index (χ0n) is 13.7. The van der Waals surface area contributed by atoms with Gasteiger partial charge in [-0.25, -0.2) is 9.07 Å². The first-order chi connectivity index (χ1) is 12.2. The van der Waals surface area contributed by atoms with Crippen molar-refractivity contribution in [3.8, 4) is 11.5 Å². The number of hydrogen-bond donors (Lipinski definition) is 0. The smallest absolute Gasteiger partial charge is 0.161 e. The molecular formula is C18H17FN4O2. The third-order valence-corrected chi connectivity index (χ3v) is 3.32. The normalized spacial score (nSPS) is 11.0. The summed E-state index contributed by atoms with van der Waals surface area (Å²) >= 11 is 0. The maximum absolute atomic E-state index is 13.0. The van der Waals surface area contributed by atoms with Gasteiger partial charge in [-0.05, 0) is 48.4 Å². The Morgan fingerprint density at radius 3 is 2.52 bits per heavy atom. The molecule has 25 heavy (non-hydrogen) atoms. The topological polar surface area (TPSA) is 61.5 Å². The van der Waals surface area contributed by atoms with Gasteiger partial charge in [0.15, 0.2) is 11.5 Å². The van der Waals surface area contributed by atoms with Gasteiger partial charge in [0.1, 0.15) is 25.1 Å². The molecule has 0 aliphatic rings. The first-order valence-electron chi connectivity index (χ1n) is 7.77. The standard InChI is InChI=1S/C18H17FN4O2/c1-2-24-18-9-15(10-22-23-12-20-21-13-23)5-8-17(18)25-11-14-3-6-16(19)7-4-14/h3-10,12-13H,2,11H2,1H3/b22-10+. The van der Waals surface area contributed by atoms with Crippen molar-refractivity contribution < 1.29 is 13.9 Å². The molecule has 0 N–H and O–H groups in total. The number of nitrogens with zero attached hydrogens (tertiary/aromatic N) is 4. The van der Waals surface area contributed by atoms with Gasteiger partial charge in [0.05, 0.1) is 12.8 Å². The lowest BCUT2D eigenvalue weighted by Gasteiger charge is -2.12. The third kappa shape index (κ3) is 4.63. The van der Waals surface area contributed by atoms with E-state index in [-0.39, 0.29) is 5.82 Å². The fourth-order valence-electron chi connectivity index (χ4n) is 2.12. The number of ether oxygens (including phenoxy) is 2. The Balaban J connectivity index is 1.73. The Morgan fingerprint density at radius 1 is 1.04 bits per heavy atom. The van der Waals surface area contributed by atoms with Crippen LogP contribution in [0.25, 0.3) is 0 Å². The lowest BCUT2D eigenvalue weighted by atomic mass is 10.2. The van der Waals surface area contributed by atoms with E-state index in [4.69, 9.17) is 9.47 Å². The van der Waals surface area contributed by atoms with Gasteiger partial charge in [-0.15, -0.1) is 10.2 Å². The Labute approximate surface area is 144 Å². The fraction of sp³-hybridized carbons (Fsp3) is 0.167. The zero-order valence-corrected chi connectivity index (χ0v) is 13.7. The van der Waals surface area contributed by atoms with E-state index in [0.29, 0.717) is 24.7 Å². The van der Waals surface area contributed by atoms with Crippen LogP contribution in [0.2, 0.25) is 0 Å². The monoisotopic (exact) mass is 340 g/mol. The molecule has 0 aliphatic carbocycles. The van der Waals surface area contributed by atoms with Gasteiger partial charge < -0.3 is 9.47 Å². The lowest BCUT2D eigenvalue weighted by molar-refractivity contribution is 0.269. The molecule has 1 heterocycles. The van der Waals surface area contributed by atoms with Gasteiger partial charge in [0.25, 0.3) is 0 Å². The van der Waals surface area contributed by atoms with Gasteiger partial charge in [-0.2, -0.15) is 5.10 Å². The van der Waals surface area contributed by atoms with Gasteiger partial charge in [0.2, 0.25) is 0 Å². The SMILES string of the molecule is CCOc1cc(/C=N/n2cnnc2)ccc1OCc1ccc(F)cc1. The van der Waals surface area contributed by atoms with E-state index in [1.165, 1.54) is 29.5 Å². The predicted octanol–water partition coefficient (Wildman–Crippen LogP) is 3.28. The molecule has 1 aromatic heterocycles. The van der Waals surface area contributed by atoms with Gasteiger partial charge >= 0.3 is 0 Å². The minimum Gasteiger partial charge on any atom is -0.490 e. The van der Waals surface area contributed by atoms with Crippen LogP contribution < -0.4 is 9.47 Å². The van der Waals surface area contributed by atoms with Crippen LogP contribution in [-0.2, 0) is 6.61 Å². The summed E-state index contributed by atoms with van der Waals surface area (Å²) in [5.41, 5.74) is 1.73. The average Bonchev–Trinajstić information content (AvgIpc) is 3.14. The van der Waals surface area contributed by atoms with E-state index in [0.717, 1.165) is 11.1 Å². The van der Waals surface area contributed by atoms with Crippen LogP contribution in [0.4, 0.5) is 4.39 Å². The molecule has 0 unspecified atom stereocenters. The molecule has 0 atom stereocenters. The highest BCUT2D eigenvalue weighted by Gasteiger charge is 2.07. The van der Waals surface area contributed by atoms with Gasteiger partial charge in [-0.3, -0.25) is 0 Å². The highest BCUT2D eigenvalue weighted by atomic mass is 19.1. The molecule has 0 aliphatic heterocycles. The van der Waals surface area contributed by atoms with Gasteiger partial charge in [0, 0.05) is 0 Å². The molecule has 3 aromatic rings. The number of aromatic nitrogens is 3. The summed E-state index contributed by atoms with van der Waals surface area (Å²) in [5, 5.41) is 11.6. The third-order valence-electron chi connectivity index (χ3n) is 3.32. The van der Waals surface area contributed by atoms with Crippen molar-refractivity contribution >= 4 is 6.21 Å². The second-order valence-corrected chi connectivity index (χ2v) is 5.14. The Morgan fingerprint density at radius 2 is 1.80 bits per heavy atom. The highest BCUT2D eigenvalue weighted by molar-refractivity contribution is 5.80. The molecule has 0 radical (unpaired) electrons. The molecular weight excluding hydrogens is 323 g/mol. The van der Waals surface area contributed by atoms with Crippen LogP contribution in [0.15, 0.2) is 60.2 Å². The molecule has 6 nitrogen and oxygen atoms in total. The molecule has 0 spiro atoms. The summed E-state index contributed by atoms with van der Waals surface area (Å²) in [6.07, 6.45) is 4.68. The molecule has 2 aromatic carbocycles. The van der Waals surface area contributed by atoms with E-state index in [9.17, 15) is 4.39 Å². The predicted molar refractivity (Wildman–Crippen MR) is 91.4 cm³/mol. The summed E-state index contributed by atoms with van der Waals surface area (Å²) in [4.78, 5) is 0. The lowest BCUT2D eigenvalue weighted by Crippen LogP contribution is -2.00. The van der Waals surface area contributed by atoms with Crippen molar-refractivity contribution in [2.75, 3.05) is 6.61 Å². The van der Waals surface area contributed by atoms with Gasteiger partial charge in [-0.1, -0.05) is 12.1 Å². The first-order valence-corrected chi connectivity index (χ1v) is 7.77. The number of rotatable bonds is 7. The molecule has 7 heteroatoms. The maximum atomic E-state index is 13.0. The summed E-state index contributed by atoms with van der Waals surface area (Å²) < 4.78 is 25.9. The van der Waals surface area contributed by atoms with Crippen molar-refractivity contribution in [3.63, 3.8) is 0 Å². The quantitative estimate of drug-likeness (QED) is 0.619. The van der Waals surface area contributed by atoms with Crippen LogP contribution >= 0.6 is 0 Å². The summed E-state index contributed by atoms with van der Waals surface area (Å²) in [7, 11) is 0. The van der Waals surface area contributed by atoms with Crippen molar-refractivity contribution in [1.29, 1.82) is 0 Å². The Bertz CT molecular complexity index is 833. The Kier molecular flexibility index (Phi) is 5.36. The van der Waals surface area contributed by atoms with Crippen LogP contribution in [0.1, 0.15) is 18.1 Å². The van der Waals surface area contributed by atoms with E-state index in [2.05, 4.69) is 15.3 Å². The zero-order chi connectivity index (χ0) is 17.5. The molecule has 0 fully saturated rings. The largest absolute Gasteiger partial charge is 0.490 e. The number of hydrogen-bond acceptors (Lipinski definition) is 5.